The molecule has 1 fully saturated rings. The van der Waals surface area contributed by atoms with Gasteiger partial charge in [0.25, 0.3) is 0 Å². The van der Waals surface area contributed by atoms with Gasteiger partial charge in [-0.05, 0) is 6.92 Å². The van der Waals surface area contributed by atoms with Crippen molar-refractivity contribution in [3.05, 3.63) is 0 Å². The number of hydrogen-bond donors (Lipinski definition) is 2. The summed E-state index contributed by atoms with van der Waals surface area (Å²) in [6, 6.07) is -0.144. The zero-order valence-corrected chi connectivity index (χ0v) is 6.05. The molecule has 1 aliphatic heterocycles. The van der Waals surface area contributed by atoms with Gasteiger partial charge < -0.3 is 4.74 Å². The van der Waals surface area contributed by atoms with Crippen molar-refractivity contribution in [2.24, 2.45) is 0 Å². The average molecular weight is 145 g/mol. The maximum Gasteiger partial charge on any atom is 0.334 e. The summed E-state index contributed by atoms with van der Waals surface area (Å²) in [5, 5.41) is 0. The van der Waals surface area contributed by atoms with E-state index in [4.69, 9.17) is 4.74 Å². The predicted molar refractivity (Wildman–Crippen MR) is 34.8 cm³/mol. The van der Waals surface area contributed by atoms with Crippen LogP contribution in [0.2, 0.25) is 0 Å². The van der Waals surface area contributed by atoms with Gasteiger partial charge in [0, 0.05) is 13.7 Å². The van der Waals surface area contributed by atoms with Crippen molar-refractivity contribution in [3.63, 3.8) is 0 Å². The molecular formula is C5H11N3O2. The Hall–Kier alpha value is -0.810. The molecule has 1 aliphatic rings. The summed E-state index contributed by atoms with van der Waals surface area (Å²) in [7, 11) is 1.54. The Morgan fingerprint density at radius 1 is 1.80 bits per heavy atom. The lowest BCUT2D eigenvalue weighted by atomic mass is 10.6. The second kappa shape index (κ2) is 2.85. The van der Waals surface area contributed by atoms with Crippen molar-refractivity contribution in [1.82, 2.24) is 15.8 Å². The third-order valence-corrected chi connectivity index (χ3v) is 1.41. The van der Waals surface area contributed by atoms with Gasteiger partial charge in [-0.25, -0.2) is 4.79 Å². The van der Waals surface area contributed by atoms with E-state index in [2.05, 4.69) is 10.9 Å². The largest absolute Gasteiger partial charge is 0.347 e. The highest BCUT2D eigenvalue weighted by atomic mass is 16.5. The minimum absolute atomic E-state index is 0.144. The van der Waals surface area contributed by atoms with Crippen LogP contribution in [0.15, 0.2) is 0 Å². The molecule has 1 atom stereocenters. The Morgan fingerprint density at radius 3 is 2.90 bits per heavy atom. The number of hydrazine groups is 1. The van der Waals surface area contributed by atoms with E-state index in [-0.39, 0.29) is 12.4 Å². The van der Waals surface area contributed by atoms with Gasteiger partial charge in [-0.2, -0.15) is 5.43 Å². The quantitative estimate of drug-likeness (QED) is 0.549. The van der Waals surface area contributed by atoms with Crippen molar-refractivity contribution >= 4 is 6.03 Å². The molecule has 1 saturated heterocycles. The number of hydrogen-bond acceptors (Lipinski definition) is 3. The van der Waals surface area contributed by atoms with E-state index < -0.39 is 0 Å². The van der Waals surface area contributed by atoms with Crippen LogP contribution in [0, 0.1) is 0 Å². The van der Waals surface area contributed by atoms with Crippen molar-refractivity contribution in [2.75, 3.05) is 13.7 Å². The molecule has 0 aromatic carbocycles. The molecule has 0 aromatic heterocycles. The molecule has 0 bridgehead atoms. The fourth-order valence-electron chi connectivity index (χ4n) is 0.875. The van der Waals surface area contributed by atoms with Gasteiger partial charge in [-0.3, -0.25) is 10.3 Å². The second-order valence-corrected chi connectivity index (χ2v) is 1.95. The lowest BCUT2D eigenvalue weighted by Crippen LogP contribution is -2.38. The van der Waals surface area contributed by atoms with E-state index in [1.807, 2.05) is 6.92 Å². The van der Waals surface area contributed by atoms with E-state index >= 15 is 0 Å². The molecule has 5 nitrogen and oxygen atoms in total. The Morgan fingerprint density at radius 2 is 2.50 bits per heavy atom. The van der Waals surface area contributed by atoms with Gasteiger partial charge in [0.05, 0.1) is 0 Å². The van der Waals surface area contributed by atoms with E-state index in [9.17, 15) is 4.79 Å². The number of nitrogens with one attached hydrogen (secondary N) is 2. The van der Waals surface area contributed by atoms with Crippen LogP contribution < -0.4 is 10.9 Å². The second-order valence-electron chi connectivity index (χ2n) is 1.95. The van der Waals surface area contributed by atoms with Crippen LogP contribution in [-0.2, 0) is 4.74 Å². The van der Waals surface area contributed by atoms with Gasteiger partial charge in [0.2, 0.25) is 6.35 Å². The lowest BCUT2D eigenvalue weighted by Gasteiger charge is -2.17. The number of carbonyl (C=O) groups excluding carboxylic acids is 1. The van der Waals surface area contributed by atoms with Crippen molar-refractivity contribution in [1.29, 1.82) is 0 Å². The third-order valence-electron chi connectivity index (χ3n) is 1.41. The fourth-order valence-corrected chi connectivity index (χ4v) is 0.875. The Labute approximate surface area is 59.3 Å². The zero-order valence-electron chi connectivity index (χ0n) is 6.05. The molecule has 58 valence electrons. The lowest BCUT2D eigenvalue weighted by molar-refractivity contribution is -0.00449. The number of methoxy groups -OCH3 is 1. The standard InChI is InChI=1S/C5H11N3O2/c1-3-8-4(9)6-7-5(8)10-2/h5,7H,3H2,1-2H3,(H,6,9). The summed E-state index contributed by atoms with van der Waals surface area (Å²) in [6.45, 7) is 2.52. The number of urea groups is 1. The minimum Gasteiger partial charge on any atom is -0.347 e. The zero-order chi connectivity index (χ0) is 7.56. The molecule has 0 radical (unpaired) electrons. The van der Waals surface area contributed by atoms with Crippen LogP contribution in [0.25, 0.3) is 0 Å². The Bertz CT molecular complexity index is 139. The first-order valence-electron chi connectivity index (χ1n) is 3.14. The maximum atomic E-state index is 10.8. The number of ether oxygens (including phenoxy) is 1. The van der Waals surface area contributed by atoms with Crippen LogP contribution in [0.1, 0.15) is 6.92 Å². The van der Waals surface area contributed by atoms with Crippen molar-refractivity contribution in [3.8, 4) is 0 Å². The molecule has 1 rings (SSSR count). The summed E-state index contributed by atoms with van der Waals surface area (Å²) in [4.78, 5) is 12.4. The summed E-state index contributed by atoms with van der Waals surface area (Å²) >= 11 is 0. The van der Waals surface area contributed by atoms with Gasteiger partial charge in [0.1, 0.15) is 0 Å². The van der Waals surface area contributed by atoms with Gasteiger partial charge in [-0.1, -0.05) is 0 Å². The van der Waals surface area contributed by atoms with Crippen LogP contribution in [0.5, 0.6) is 0 Å². The summed E-state index contributed by atoms with van der Waals surface area (Å²) < 4.78 is 4.92. The van der Waals surface area contributed by atoms with Gasteiger partial charge >= 0.3 is 6.03 Å². The highest BCUT2D eigenvalue weighted by Gasteiger charge is 2.28. The molecule has 0 aromatic rings. The first-order chi connectivity index (χ1) is 4.79. The number of amides is 2. The molecule has 10 heavy (non-hydrogen) atoms. The number of nitrogens with zero attached hydrogens (tertiary/aromatic N) is 1. The molecule has 2 amide bonds. The highest BCUT2D eigenvalue weighted by Crippen LogP contribution is 2.01. The first kappa shape index (κ1) is 7.30. The first-order valence-corrected chi connectivity index (χ1v) is 3.14. The van der Waals surface area contributed by atoms with E-state index in [1.54, 1.807) is 12.0 Å². The van der Waals surface area contributed by atoms with Crippen LogP contribution in [-0.4, -0.2) is 30.9 Å². The molecule has 1 heterocycles. The molecule has 0 spiro atoms. The van der Waals surface area contributed by atoms with E-state index in [0.717, 1.165) is 0 Å². The Balaban J connectivity index is 2.54. The fraction of sp³-hybridized carbons (Fsp3) is 0.800. The monoisotopic (exact) mass is 145 g/mol. The van der Waals surface area contributed by atoms with Crippen LogP contribution >= 0.6 is 0 Å². The summed E-state index contributed by atoms with van der Waals surface area (Å²) in [5.74, 6) is 0. The van der Waals surface area contributed by atoms with Crippen LogP contribution in [0.4, 0.5) is 4.79 Å². The molecule has 0 aliphatic carbocycles. The molecule has 2 N–H and O–H groups in total. The van der Waals surface area contributed by atoms with Crippen LogP contribution in [0.3, 0.4) is 0 Å². The predicted octanol–water partition coefficient (Wildman–Crippen LogP) is -0.534. The summed E-state index contributed by atoms with van der Waals surface area (Å²) in [5.41, 5.74) is 5.09. The SMILES string of the molecule is CCN1C(=O)NNC1OC. The van der Waals surface area contributed by atoms with Crippen molar-refractivity contribution in [2.45, 2.75) is 13.3 Å². The average Bonchev–Trinajstić information content (AvgIpc) is 2.30. The molecule has 0 saturated carbocycles. The van der Waals surface area contributed by atoms with Crippen molar-refractivity contribution < 1.29 is 9.53 Å². The normalized spacial score (nSPS) is 25.2. The smallest absolute Gasteiger partial charge is 0.334 e. The summed E-state index contributed by atoms with van der Waals surface area (Å²) in [6.07, 6.45) is -0.322. The topological polar surface area (TPSA) is 53.6 Å². The van der Waals surface area contributed by atoms with E-state index in [0.29, 0.717) is 6.54 Å². The van der Waals surface area contributed by atoms with Gasteiger partial charge in [0.15, 0.2) is 0 Å². The molecule has 1 unspecified atom stereocenters. The third kappa shape index (κ3) is 1.05. The molecular weight excluding hydrogens is 134 g/mol. The maximum absolute atomic E-state index is 10.8. The number of rotatable bonds is 2. The molecule has 5 heteroatoms. The Kier molecular flexibility index (Phi) is 2.08. The number of carbonyl (C=O) groups is 1. The van der Waals surface area contributed by atoms with Gasteiger partial charge in [-0.15, -0.1) is 0 Å². The minimum atomic E-state index is -0.322. The highest BCUT2D eigenvalue weighted by molar-refractivity contribution is 5.75. The van der Waals surface area contributed by atoms with E-state index in [1.165, 1.54) is 0 Å².